The summed E-state index contributed by atoms with van der Waals surface area (Å²) in [7, 11) is 0. The summed E-state index contributed by atoms with van der Waals surface area (Å²) in [5, 5.41) is -0.314. The standard InChI is InChI=1S/C16H18O2S4/c1-9(17)11(3)21-15(19)13-6-5-7-14(8-13)16(20)22-12(4)10(2)18/h5-8,11-12H,1-4H3. The average Bonchev–Trinajstić information content (AvgIpc) is 2.46. The van der Waals surface area contributed by atoms with Gasteiger partial charge in [0.25, 0.3) is 0 Å². The lowest BCUT2D eigenvalue weighted by atomic mass is 10.2. The van der Waals surface area contributed by atoms with Gasteiger partial charge in [0.1, 0.15) is 11.6 Å². The molecule has 2 atom stereocenters. The van der Waals surface area contributed by atoms with E-state index < -0.39 is 0 Å². The van der Waals surface area contributed by atoms with Crippen LogP contribution in [0.5, 0.6) is 0 Å². The van der Waals surface area contributed by atoms with E-state index in [1.807, 2.05) is 38.1 Å². The first kappa shape index (κ1) is 19.5. The maximum absolute atomic E-state index is 11.3. The second-order valence-corrected chi connectivity index (χ2v) is 8.93. The highest BCUT2D eigenvalue weighted by molar-refractivity contribution is 8.24. The van der Waals surface area contributed by atoms with Crippen molar-refractivity contribution in [2.24, 2.45) is 0 Å². The molecule has 0 radical (unpaired) electrons. The van der Waals surface area contributed by atoms with E-state index in [2.05, 4.69) is 0 Å². The third-order valence-electron chi connectivity index (χ3n) is 3.05. The molecule has 0 amide bonds. The highest BCUT2D eigenvalue weighted by Crippen LogP contribution is 2.24. The first-order chi connectivity index (χ1) is 10.2. The fourth-order valence-corrected chi connectivity index (χ4v) is 4.02. The molecule has 0 aliphatic carbocycles. The molecule has 0 aromatic heterocycles. The summed E-state index contributed by atoms with van der Waals surface area (Å²) >= 11 is 13.6. The number of hydrogen-bond acceptors (Lipinski definition) is 6. The van der Waals surface area contributed by atoms with E-state index in [9.17, 15) is 9.59 Å². The molecule has 0 heterocycles. The summed E-state index contributed by atoms with van der Waals surface area (Å²) < 4.78 is 1.36. The summed E-state index contributed by atoms with van der Waals surface area (Å²) in [6, 6.07) is 7.63. The molecule has 1 rings (SSSR count). The topological polar surface area (TPSA) is 34.1 Å². The van der Waals surface area contributed by atoms with E-state index in [-0.39, 0.29) is 22.1 Å². The summed E-state index contributed by atoms with van der Waals surface area (Å²) in [5.41, 5.74) is 1.76. The Balaban J connectivity index is 2.85. The van der Waals surface area contributed by atoms with E-state index >= 15 is 0 Å². The number of Topliss-reactive ketones (excluding diaryl/α,β-unsaturated/α-hetero) is 2. The predicted molar refractivity (Wildman–Crippen MR) is 105 cm³/mol. The van der Waals surface area contributed by atoms with Crippen molar-refractivity contribution in [1.82, 2.24) is 0 Å². The third-order valence-corrected chi connectivity index (χ3v) is 6.37. The van der Waals surface area contributed by atoms with Crippen LogP contribution in [0.2, 0.25) is 0 Å². The molecular weight excluding hydrogens is 352 g/mol. The Labute approximate surface area is 150 Å². The molecule has 0 N–H and O–H groups in total. The SMILES string of the molecule is CC(=O)C(C)SC(=S)c1cccc(C(=S)SC(C)C(C)=O)c1. The van der Waals surface area contributed by atoms with Crippen LogP contribution in [0.3, 0.4) is 0 Å². The third kappa shape index (κ3) is 5.91. The Morgan fingerprint density at radius 1 is 0.909 bits per heavy atom. The summed E-state index contributed by atoms with van der Waals surface area (Å²) in [4.78, 5) is 22.7. The second-order valence-electron chi connectivity index (χ2n) is 4.90. The molecule has 6 heteroatoms. The minimum atomic E-state index is -0.157. The van der Waals surface area contributed by atoms with Crippen LogP contribution in [-0.2, 0) is 9.59 Å². The van der Waals surface area contributed by atoms with Crippen molar-refractivity contribution < 1.29 is 9.59 Å². The molecular formula is C16H18O2S4. The molecule has 2 nitrogen and oxygen atoms in total. The van der Waals surface area contributed by atoms with Gasteiger partial charge >= 0.3 is 0 Å². The van der Waals surface area contributed by atoms with Gasteiger partial charge in [-0.25, -0.2) is 0 Å². The van der Waals surface area contributed by atoms with E-state index in [4.69, 9.17) is 24.4 Å². The van der Waals surface area contributed by atoms with Crippen LogP contribution in [0.1, 0.15) is 38.8 Å². The van der Waals surface area contributed by atoms with Gasteiger partial charge in [-0.1, -0.05) is 42.6 Å². The molecule has 2 unspecified atom stereocenters. The van der Waals surface area contributed by atoms with Crippen LogP contribution < -0.4 is 0 Å². The van der Waals surface area contributed by atoms with Gasteiger partial charge in [0, 0.05) is 0 Å². The zero-order valence-corrected chi connectivity index (χ0v) is 16.2. The van der Waals surface area contributed by atoms with Gasteiger partial charge in [0.05, 0.1) is 18.9 Å². The number of benzene rings is 1. The van der Waals surface area contributed by atoms with Crippen LogP contribution >= 0.6 is 48.0 Å². The number of rotatable bonds is 6. The van der Waals surface area contributed by atoms with Crippen molar-refractivity contribution in [3.63, 3.8) is 0 Å². The van der Waals surface area contributed by atoms with Crippen molar-refractivity contribution >= 4 is 67.9 Å². The minimum absolute atomic E-state index is 0.102. The smallest absolute Gasteiger partial charge is 0.142 e. The zero-order chi connectivity index (χ0) is 16.9. The van der Waals surface area contributed by atoms with E-state index in [1.165, 1.54) is 23.5 Å². The van der Waals surface area contributed by atoms with Crippen molar-refractivity contribution in [2.45, 2.75) is 38.2 Å². The van der Waals surface area contributed by atoms with Crippen LogP contribution in [0.15, 0.2) is 24.3 Å². The molecule has 0 spiro atoms. The summed E-state index contributed by atoms with van der Waals surface area (Å²) in [6.45, 7) is 6.81. The monoisotopic (exact) mass is 370 g/mol. The fraction of sp³-hybridized carbons (Fsp3) is 0.375. The number of carbonyl (C=O) groups is 2. The molecule has 0 saturated heterocycles. The van der Waals surface area contributed by atoms with Gasteiger partial charge in [-0.15, -0.1) is 23.5 Å². The van der Waals surface area contributed by atoms with Gasteiger partial charge in [-0.2, -0.15) is 0 Å². The van der Waals surface area contributed by atoms with Crippen molar-refractivity contribution in [1.29, 1.82) is 0 Å². The first-order valence-electron chi connectivity index (χ1n) is 6.75. The van der Waals surface area contributed by atoms with E-state index in [1.54, 1.807) is 13.8 Å². The average molecular weight is 371 g/mol. The number of ketones is 2. The summed E-state index contributed by atoms with van der Waals surface area (Å²) in [5.74, 6) is 0.203. The quantitative estimate of drug-likeness (QED) is 0.688. The highest BCUT2D eigenvalue weighted by Gasteiger charge is 2.15. The largest absolute Gasteiger partial charge is 0.299 e. The number of thioether (sulfide) groups is 2. The molecule has 22 heavy (non-hydrogen) atoms. The van der Waals surface area contributed by atoms with E-state index in [0.717, 1.165) is 11.1 Å². The Hall–Kier alpha value is -0.560. The summed E-state index contributed by atoms with van der Waals surface area (Å²) in [6.07, 6.45) is 0. The van der Waals surface area contributed by atoms with Gasteiger partial charge in [0.2, 0.25) is 0 Å². The maximum Gasteiger partial charge on any atom is 0.142 e. The van der Waals surface area contributed by atoms with Gasteiger partial charge in [0.15, 0.2) is 0 Å². The zero-order valence-electron chi connectivity index (χ0n) is 12.9. The molecule has 0 aliphatic rings. The van der Waals surface area contributed by atoms with Crippen LogP contribution in [0.4, 0.5) is 0 Å². The molecule has 118 valence electrons. The predicted octanol–water partition coefficient (Wildman–Crippen LogP) is 4.46. The Morgan fingerprint density at radius 3 is 1.59 bits per heavy atom. The van der Waals surface area contributed by atoms with Crippen molar-refractivity contribution in [3.8, 4) is 0 Å². The van der Waals surface area contributed by atoms with Crippen LogP contribution in [0, 0.1) is 0 Å². The lowest BCUT2D eigenvalue weighted by Gasteiger charge is -2.12. The van der Waals surface area contributed by atoms with Gasteiger partial charge < -0.3 is 0 Å². The Morgan fingerprint density at radius 2 is 1.27 bits per heavy atom. The maximum atomic E-state index is 11.3. The molecule has 1 aromatic rings. The lowest BCUT2D eigenvalue weighted by Crippen LogP contribution is -2.12. The number of hydrogen-bond donors (Lipinski definition) is 0. The second kappa shape index (κ2) is 8.91. The molecule has 0 bridgehead atoms. The minimum Gasteiger partial charge on any atom is -0.299 e. The van der Waals surface area contributed by atoms with Crippen LogP contribution in [0.25, 0.3) is 0 Å². The van der Waals surface area contributed by atoms with Crippen molar-refractivity contribution in [2.75, 3.05) is 0 Å². The molecule has 0 saturated carbocycles. The highest BCUT2D eigenvalue weighted by atomic mass is 32.2. The first-order valence-corrected chi connectivity index (χ1v) is 9.33. The molecule has 0 aliphatic heterocycles. The molecule has 0 fully saturated rings. The Kier molecular flexibility index (Phi) is 7.89. The number of carbonyl (C=O) groups excluding carboxylic acids is 2. The van der Waals surface area contributed by atoms with Gasteiger partial charge in [-0.3, -0.25) is 9.59 Å². The lowest BCUT2D eigenvalue weighted by molar-refractivity contribution is -0.117. The molecule has 1 aromatic carbocycles. The fourth-order valence-electron chi connectivity index (χ4n) is 1.40. The number of thiocarbonyl (C=S) groups is 2. The van der Waals surface area contributed by atoms with Gasteiger partial charge in [-0.05, 0) is 44.9 Å². The normalized spacial score (nSPS) is 13.3. The van der Waals surface area contributed by atoms with E-state index in [0.29, 0.717) is 8.39 Å². The van der Waals surface area contributed by atoms with Crippen LogP contribution in [-0.4, -0.2) is 30.5 Å². The Bertz CT molecular complexity index is 561. The van der Waals surface area contributed by atoms with Crippen molar-refractivity contribution in [3.05, 3.63) is 35.4 Å².